The van der Waals surface area contributed by atoms with Crippen molar-refractivity contribution in [2.75, 3.05) is 14.1 Å². The molecule has 0 aliphatic carbocycles. The van der Waals surface area contributed by atoms with Gasteiger partial charge in [0, 0.05) is 27.1 Å². The van der Waals surface area contributed by atoms with E-state index in [1.807, 2.05) is 24.3 Å². The Kier molecular flexibility index (Phi) is 6.43. The fraction of sp³-hybridized carbons (Fsp3) is 0.300. The van der Waals surface area contributed by atoms with Crippen molar-refractivity contribution < 1.29 is 13.2 Å². The Morgan fingerprint density at radius 3 is 2.57 bits per heavy atom. The Morgan fingerprint density at radius 1 is 1.11 bits per heavy atom. The predicted octanol–water partition coefficient (Wildman–Crippen LogP) is 3.19. The molecule has 0 aliphatic heterocycles. The minimum Gasteiger partial charge on any atom is -0.352 e. The number of nitrogens with zero attached hydrogens (tertiary/aromatic N) is 2. The van der Waals surface area contributed by atoms with Crippen LogP contribution in [-0.2, 0) is 27.8 Å². The zero-order valence-corrected chi connectivity index (χ0v) is 17.5. The molecule has 28 heavy (non-hydrogen) atoms. The van der Waals surface area contributed by atoms with Crippen LogP contribution >= 0.6 is 11.3 Å². The number of hydrogen-bond donors (Lipinski definition) is 1. The number of aryl methyl sites for hydroxylation is 1. The summed E-state index contributed by atoms with van der Waals surface area (Å²) in [6.07, 6.45) is 1.82. The average Bonchev–Trinajstić information content (AvgIpc) is 3.09. The first-order valence-electron chi connectivity index (χ1n) is 8.99. The topological polar surface area (TPSA) is 79.4 Å². The number of carbonyl (C=O) groups is 1. The van der Waals surface area contributed by atoms with E-state index in [4.69, 9.17) is 0 Å². The maximum atomic E-state index is 12.4. The van der Waals surface area contributed by atoms with Gasteiger partial charge in [-0.3, -0.25) is 4.79 Å². The quantitative estimate of drug-likeness (QED) is 0.610. The monoisotopic (exact) mass is 417 g/mol. The van der Waals surface area contributed by atoms with Crippen LogP contribution in [0.15, 0.2) is 53.4 Å². The van der Waals surface area contributed by atoms with Gasteiger partial charge in [0.1, 0.15) is 0 Å². The van der Waals surface area contributed by atoms with E-state index in [2.05, 4.69) is 10.3 Å². The lowest BCUT2D eigenvalue weighted by molar-refractivity contribution is -0.121. The SMILES string of the molecule is CN(C)S(=O)(=O)c1ccccc1CNC(=O)CCCc1nc2ccccc2s1. The third-order valence-electron chi connectivity index (χ3n) is 4.34. The molecule has 0 aliphatic rings. The summed E-state index contributed by atoms with van der Waals surface area (Å²) in [5, 5.41) is 3.85. The molecule has 0 fully saturated rings. The lowest BCUT2D eigenvalue weighted by Crippen LogP contribution is -2.27. The number of sulfonamides is 1. The number of carbonyl (C=O) groups excluding carboxylic acids is 1. The van der Waals surface area contributed by atoms with E-state index >= 15 is 0 Å². The second-order valence-electron chi connectivity index (χ2n) is 6.60. The van der Waals surface area contributed by atoms with Crippen LogP contribution in [0.2, 0.25) is 0 Å². The third kappa shape index (κ3) is 4.76. The molecule has 0 saturated heterocycles. The molecular formula is C20H23N3O3S2. The van der Waals surface area contributed by atoms with E-state index in [9.17, 15) is 13.2 Å². The molecule has 0 atom stereocenters. The van der Waals surface area contributed by atoms with Crippen LogP contribution in [0.4, 0.5) is 0 Å². The number of benzene rings is 2. The van der Waals surface area contributed by atoms with E-state index < -0.39 is 10.0 Å². The van der Waals surface area contributed by atoms with Crippen molar-refractivity contribution in [2.45, 2.75) is 30.7 Å². The number of nitrogens with one attached hydrogen (secondary N) is 1. The Balaban J connectivity index is 1.53. The zero-order valence-electron chi connectivity index (χ0n) is 15.9. The van der Waals surface area contributed by atoms with Gasteiger partial charge >= 0.3 is 0 Å². The van der Waals surface area contributed by atoms with Gasteiger partial charge < -0.3 is 5.32 Å². The van der Waals surface area contributed by atoms with Crippen LogP contribution in [0.5, 0.6) is 0 Å². The maximum Gasteiger partial charge on any atom is 0.242 e. The van der Waals surface area contributed by atoms with Gasteiger partial charge in [0.2, 0.25) is 15.9 Å². The Morgan fingerprint density at radius 2 is 1.82 bits per heavy atom. The molecule has 148 valence electrons. The van der Waals surface area contributed by atoms with Crippen LogP contribution in [-0.4, -0.2) is 37.7 Å². The van der Waals surface area contributed by atoms with Gasteiger partial charge in [0.25, 0.3) is 0 Å². The summed E-state index contributed by atoms with van der Waals surface area (Å²) in [7, 11) is -0.561. The van der Waals surface area contributed by atoms with Gasteiger partial charge in [-0.05, 0) is 36.6 Å². The molecule has 3 aromatic rings. The molecule has 1 heterocycles. The molecule has 1 aromatic heterocycles. The molecule has 0 unspecified atom stereocenters. The lowest BCUT2D eigenvalue weighted by Gasteiger charge is -2.15. The molecular weight excluding hydrogens is 394 g/mol. The molecule has 1 amide bonds. The van der Waals surface area contributed by atoms with Crippen molar-refractivity contribution in [3.05, 3.63) is 59.1 Å². The van der Waals surface area contributed by atoms with Crippen molar-refractivity contribution in [3.8, 4) is 0 Å². The maximum absolute atomic E-state index is 12.4. The smallest absolute Gasteiger partial charge is 0.242 e. The van der Waals surface area contributed by atoms with Gasteiger partial charge in [-0.25, -0.2) is 17.7 Å². The van der Waals surface area contributed by atoms with Gasteiger partial charge in [-0.15, -0.1) is 11.3 Å². The number of thiazole rings is 1. The highest BCUT2D eigenvalue weighted by Gasteiger charge is 2.20. The standard InChI is InChI=1S/C20H23N3O3S2/c1-23(2)28(25,26)18-11-6-3-8-15(18)14-21-19(24)12-7-13-20-22-16-9-4-5-10-17(16)27-20/h3-6,8-11H,7,12-14H2,1-2H3,(H,21,24). The van der Waals surface area contributed by atoms with Crippen LogP contribution in [0, 0.1) is 0 Å². The first kappa shape index (κ1) is 20.4. The third-order valence-corrected chi connectivity index (χ3v) is 7.35. The molecule has 0 bridgehead atoms. The minimum atomic E-state index is -3.55. The molecule has 3 rings (SSSR count). The molecule has 1 N–H and O–H groups in total. The first-order valence-corrected chi connectivity index (χ1v) is 11.2. The van der Waals surface area contributed by atoms with Gasteiger partial charge in [0.15, 0.2) is 0 Å². The van der Waals surface area contributed by atoms with Crippen molar-refractivity contribution in [3.63, 3.8) is 0 Å². The number of rotatable bonds is 8. The van der Waals surface area contributed by atoms with E-state index in [1.165, 1.54) is 18.4 Å². The Labute approximate surface area is 169 Å². The van der Waals surface area contributed by atoms with Crippen LogP contribution in [0.1, 0.15) is 23.4 Å². The summed E-state index contributed by atoms with van der Waals surface area (Å²) >= 11 is 1.65. The van der Waals surface area contributed by atoms with E-state index in [0.29, 0.717) is 18.4 Å². The van der Waals surface area contributed by atoms with E-state index in [1.54, 1.807) is 35.6 Å². The molecule has 2 aromatic carbocycles. The lowest BCUT2D eigenvalue weighted by atomic mass is 10.2. The van der Waals surface area contributed by atoms with Crippen molar-refractivity contribution in [2.24, 2.45) is 0 Å². The summed E-state index contributed by atoms with van der Waals surface area (Å²) in [5.74, 6) is -0.0989. The van der Waals surface area contributed by atoms with Crippen LogP contribution < -0.4 is 5.32 Å². The van der Waals surface area contributed by atoms with Gasteiger partial charge in [-0.2, -0.15) is 0 Å². The fourth-order valence-corrected chi connectivity index (χ4v) is 4.93. The average molecular weight is 418 g/mol. The molecule has 0 spiro atoms. The Hall–Kier alpha value is -2.29. The van der Waals surface area contributed by atoms with Gasteiger partial charge in [0.05, 0.1) is 20.1 Å². The second kappa shape index (κ2) is 8.81. The number of aromatic nitrogens is 1. The summed E-state index contributed by atoms with van der Waals surface area (Å²) in [4.78, 5) is 17.0. The number of para-hydroxylation sites is 1. The fourth-order valence-electron chi connectivity index (χ4n) is 2.81. The summed E-state index contributed by atoms with van der Waals surface area (Å²) in [6, 6.07) is 14.7. The molecule has 6 nitrogen and oxygen atoms in total. The van der Waals surface area contributed by atoms with E-state index in [-0.39, 0.29) is 17.3 Å². The summed E-state index contributed by atoms with van der Waals surface area (Å²) < 4.78 is 27.1. The van der Waals surface area contributed by atoms with E-state index in [0.717, 1.165) is 21.6 Å². The van der Waals surface area contributed by atoms with Crippen LogP contribution in [0.3, 0.4) is 0 Å². The van der Waals surface area contributed by atoms with Crippen molar-refractivity contribution >= 4 is 37.5 Å². The highest BCUT2D eigenvalue weighted by Crippen LogP contribution is 2.23. The number of hydrogen-bond acceptors (Lipinski definition) is 5. The normalized spacial score (nSPS) is 11.8. The van der Waals surface area contributed by atoms with Crippen molar-refractivity contribution in [1.82, 2.24) is 14.6 Å². The molecule has 0 radical (unpaired) electrons. The zero-order chi connectivity index (χ0) is 20.1. The van der Waals surface area contributed by atoms with Crippen molar-refractivity contribution in [1.29, 1.82) is 0 Å². The number of amides is 1. The largest absolute Gasteiger partial charge is 0.352 e. The number of fused-ring (bicyclic) bond motifs is 1. The first-order chi connectivity index (χ1) is 13.4. The predicted molar refractivity (Wildman–Crippen MR) is 112 cm³/mol. The second-order valence-corrected chi connectivity index (χ2v) is 9.84. The Bertz CT molecular complexity index is 1040. The minimum absolute atomic E-state index is 0.0989. The molecule has 8 heteroatoms. The van der Waals surface area contributed by atoms with Gasteiger partial charge in [-0.1, -0.05) is 30.3 Å². The summed E-state index contributed by atoms with van der Waals surface area (Å²) in [6.45, 7) is 0.184. The van der Waals surface area contributed by atoms with Crippen LogP contribution in [0.25, 0.3) is 10.2 Å². The highest BCUT2D eigenvalue weighted by atomic mass is 32.2. The molecule has 0 saturated carbocycles. The summed E-state index contributed by atoms with van der Waals surface area (Å²) in [5.41, 5.74) is 1.57. The highest BCUT2D eigenvalue weighted by molar-refractivity contribution is 7.89.